The fourth-order valence-electron chi connectivity index (χ4n) is 2.28. The van der Waals surface area contributed by atoms with Crippen molar-refractivity contribution in [3.63, 3.8) is 0 Å². The third-order valence-corrected chi connectivity index (χ3v) is 3.30. The Morgan fingerprint density at radius 3 is 2.60 bits per heavy atom. The van der Waals surface area contributed by atoms with Gasteiger partial charge < -0.3 is 11.1 Å². The SMILES string of the molecule is CCNC(Cc1ccc(F)cc1)Cc1cnccc1N. The first-order valence-electron chi connectivity index (χ1n) is 6.85. The largest absolute Gasteiger partial charge is 0.398 e. The minimum Gasteiger partial charge on any atom is -0.398 e. The normalized spacial score (nSPS) is 12.3. The fraction of sp³-hybridized carbons (Fsp3) is 0.312. The minimum atomic E-state index is -0.203. The lowest BCUT2D eigenvalue weighted by atomic mass is 9.99. The number of nitrogen functional groups attached to an aromatic ring is 1. The molecular formula is C16H20FN3. The van der Waals surface area contributed by atoms with Crippen LogP contribution in [0.3, 0.4) is 0 Å². The van der Waals surface area contributed by atoms with Crippen LogP contribution in [0.25, 0.3) is 0 Å². The average molecular weight is 273 g/mol. The van der Waals surface area contributed by atoms with Gasteiger partial charge in [0.25, 0.3) is 0 Å². The summed E-state index contributed by atoms with van der Waals surface area (Å²) in [6.45, 7) is 2.95. The third-order valence-electron chi connectivity index (χ3n) is 3.30. The van der Waals surface area contributed by atoms with Crippen molar-refractivity contribution in [1.82, 2.24) is 10.3 Å². The molecule has 4 heteroatoms. The van der Waals surface area contributed by atoms with Crippen LogP contribution in [0.1, 0.15) is 18.1 Å². The van der Waals surface area contributed by atoms with E-state index in [2.05, 4.69) is 17.2 Å². The predicted molar refractivity (Wildman–Crippen MR) is 79.9 cm³/mol. The van der Waals surface area contributed by atoms with Crippen molar-refractivity contribution >= 4 is 5.69 Å². The van der Waals surface area contributed by atoms with Gasteiger partial charge in [-0.15, -0.1) is 0 Å². The summed E-state index contributed by atoms with van der Waals surface area (Å²) in [6.07, 6.45) is 5.15. The number of nitrogens with one attached hydrogen (secondary N) is 1. The van der Waals surface area contributed by atoms with E-state index in [9.17, 15) is 4.39 Å². The second-order valence-corrected chi connectivity index (χ2v) is 4.86. The van der Waals surface area contributed by atoms with Gasteiger partial charge in [-0.05, 0) is 48.7 Å². The maximum absolute atomic E-state index is 12.9. The molecule has 0 bridgehead atoms. The van der Waals surface area contributed by atoms with E-state index < -0.39 is 0 Å². The van der Waals surface area contributed by atoms with E-state index in [4.69, 9.17) is 5.73 Å². The lowest BCUT2D eigenvalue weighted by molar-refractivity contribution is 0.521. The lowest BCUT2D eigenvalue weighted by Gasteiger charge is -2.19. The number of nitrogens with zero attached hydrogens (tertiary/aromatic N) is 1. The van der Waals surface area contributed by atoms with E-state index in [0.29, 0.717) is 0 Å². The molecule has 0 spiro atoms. The zero-order valence-corrected chi connectivity index (χ0v) is 11.6. The minimum absolute atomic E-state index is 0.203. The zero-order valence-electron chi connectivity index (χ0n) is 11.6. The summed E-state index contributed by atoms with van der Waals surface area (Å²) in [5.41, 5.74) is 8.88. The molecule has 0 aliphatic heterocycles. The van der Waals surface area contributed by atoms with Gasteiger partial charge in [-0.2, -0.15) is 0 Å². The van der Waals surface area contributed by atoms with Crippen LogP contribution in [-0.4, -0.2) is 17.6 Å². The molecule has 106 valence electrons. The Balaban J connectivity index is 2.07. The van der Waals surface area contributed by atoms with Crippen LogP contribution >= 0.6 is 0 Å². The van der Waals surface area contributed by atoms with Gasteiger partial charge >= 0.3 is 0 Å². The Morgan fingerprint density at radius 1 is 1.20 bits per heavy atom. The molecule has 1 aromatic carbocycles. The van der Waals surface area contributed by atoms with E-state index in [0.717, 1.165) is 36.2 Å². The lowest BCUT2D eigenvalue weighted by Crippen LogP contribution is -2.33. The summed E-state index contributed by atoms with van der Waals surface area (Å²) in [5.74, 6) is -0.203. The number of rotatable bonds is 6. The highest BCUT2D eigenvalue weighted by atomic mass is 19.1. The van der Waals surface area contributed by atoms with Gasteiger partial charge in [0.15, 0.2) is 0 Å². The van der Waals surface area contributed by atoms with Gasteiger partial charge in [-0.25, -0.2) is 4.39 Å². The molecule has 1 unspecified atom stereocenters. The molecular weight excluding hydrogens is 253 g/mol. The summed E-state index contributed by atoms with van der Waals surface area (Å²) in [4.78, 5) is 4.12. The Bertz CT molecular complexity index is 540. The molecule has 0 saturated heterocycles. The van der Waals surface area contributed by atoms with Crippen LogP contribution in [0.2, 0.25) is 0 Å². The molecule has 0 saturated carbocycles. The first kappa shape index (κ1) is 14.5. The topological polar surface area (TPSA) is 50.9 Å². The molecule has 2 rings (SSSR count). The van der Waals surface area contributed by atoms with E-state index in [1.54, 1.807) is 6.20 Å². The molecule has 2 aromatic rings. The molecule has 1 aromatic heterocycles. The van der Waals surface area contributed by atoms with Crippen LogP contribution in [0.15, 0.2) is 42.7 Å². The molecule has 0 amide bonds. The van der Waals surface area contributed by atoms with Crippen molar-refractivity contribution in [3.8, 4) is 0 Å². The number of anilines is 1. The van der Waals surface area contributed by atoms with Gasteiger partial charge in [-0.3, -0.25) is 4.98 Å². The maximum atomic E-state index is 12.9. The molecule has 3 N–H and O–H groups in total. The Hall–Kier alpha value is -1.94. The summed E-state index contributed by atoms with van der Waals surface area (Å²) in [5, 5.41) is 3.44. The highest BCUT2D eigenvalue weighted by Crippen LogP contribution is 2.14. The maximum Gasteiger partial charge on any atom is 0.123 e. The van der Waals surface area contributed by atoms with E-state index in [1.165, 1.54) is 12.1 Å². The van der Waals surface area contributed by atoms with Crippen molar-refractivity contribution in [1.29, 1.82) is 0 Å². The van der Waals surface area contributed by atoms with E-state index in [1.807, 2.05) is 24.4 Å². The number of likely N-dealkylation sites (N-methyl/N-ethyl adjacent to an activating group) is 1. The van der Waals surface area contributed by atoms with E-state index in [-0.39, 0.29) is 11.9 Å². The van der Waals surface area contributed by atoms with Crippen molar-refractivity contribution < 1.29 is 4.39 Å². The van der Waals surface area contributed by atoms with Crippen molar-refractivity contribution in [2.24, 2.45) is 0 Å². The molecule has 20 heavy (non-hydrogen) atoms. The molecule has 0 radical (unpaired) electrons. The number of hydrogen-bond donors (Lipinski definition) is 2. The summed E-state index contributed by atoms with van der Waals surface area (Å²) in [6, 6.07) is 8.72. The van der Waals surface area contributed by atoms with E-state index >= 15 is 0 Å². The number of nitrogens with two attached hydrogens (primary N) is 1. The summed E-state index contributed by atoms with van der Waals surface area (Å²) in [7, 11) is 0. The molecule has 0 aliphatic rings. The number of pyridine rings is 1. The van der Waals surface area contributed by atoms with Crippen LogP contribution in [0.4, 0.5) is 10.1 Å². The first-order chi connectivity index (χ1) is 9.69. The smallest absolute Gasteiger partial charge is 0.123 e. The highest BCUT2D eigenvalue weighted by molar-refractivity contribution is 5.44. The standard InChI is InChI=1S/C16H20FN3/c1-2-20-15(9-12-3-5-14(17)6-4-12)10-13-11-19-8-7-16(13)18/h3-8,11,15,20H,2,9-10H2,1H3,(H2,18,19). The second-order valence-electron chi connectivity index (χ2n) is 4.86. The zero-order chi connectivity index (χ0) is 14.4. The molecule has 0 fully saturated rings. The van der Waals surface area contributed by atoms with Crippen LogP contribution in [0, 0.1) is 5.82 Å². The molecule has 1 atom stereocenters. The van der Waals surface area contributed by atoms with Crippen molar-refractivity contribution in [2.45, 2.75) is 25.8 Å². The van der Waals surface area contributed by atoms with Crippen LogP contribution < -0.4 is 11.1 Å². The van der Waals surface area contributed by atoms with Gasteiger partial charge in [0.1, 0.15) is 5.82 Å². The number of halogens is 1. The monoisotopic (exact) mass is 273 g/mol. The predicted octanol–water partition coefficient (Wildman–Crippen LogP) is 2.57. The molecule has 1 heterocycles. The summed E-state index contributed by atoms with van der Waals surface area (Å²) < 4.78 is 12.9. The Morgan fingerprint density at radius 2 is 1.95 bits per heavy atom. The summed E-state index contributed by atoms with van der Waals surface area (Å²) >= 11 is 0. The Labute approximate surface area is 119 Å². The first-order valence-corrected chi connectivity index (χ1v) is 6.85. The highest BCUT2D eigenvalue weighted by Gasteiger charge is 2.11. The quantitative estimate of drug-likeness (QED) is 0.850. The number of aromatic nitrogens is 1. The second kappa shape index (κ2) is 7.01. The Kier molecular flexibility index (Phi) is 5.07. The molecule has 0 aliphatic carbocycles. The van der Waals surface area contributed by atoms with Gasteiger partial charge in [-0.1, -0.05) is 19.1 Å². The number of hydrogen-bond acceptors (Lipinski definition) is 3. The fourth-order valence-corrected chi connectivity index (χ4v) is 2.28. The van der Waals surface area contributed by atoms with Gasteiger partial charge in [0.2, 0.25) is 0 Å². The van der Waals surface area contributed by atoms with Gasteiger partial charge in [0.05, 0.1) is 0 Å². The average Bonchev–Trinajstić information content (AvgIpc) is 2.44. The van der Waals surface area contributed by atoms with Crippen molar-refractivity contribution in [2.75, 3.05) is 12.3 Å². The van der Waals surface area contributed by atoms with Crippen molar-refractivity contribution in [3.05, 3.63) is 59.7 Å². The third kappa shape index (κ3) is 4.03. The number of benzene rings is 1. The molecule has 3 nitrogen and oxygen atoms in total. The van der Waals surface area contributed by atoms with Crippen LogP contribution in [-0.2, 0) is 12.8 Å². The van der Waals surface area contributed by atoms with Gasteiger partial charge in [0, 0.05) is 24.1 Å². The van der Waals surface area contributed by atoms with Crippen LogP contribution in [0.5, 0.6) is 0 Å².